The Balaban J connectivity index is 1.42. The lowest BCUT2D eigenvalue weighted by atomic mass is 9.99. The van der Waals surface area contributed by atoms with Crippen LogP contribution in [-0.4, -0.2) is 44.0 Å². The first-order valence-electron chi connectivity index (χ1n) is 8.98. The van der Waals surface area contributed by atoms with Crippen LogP contribution in [0, 0.1) is 5.92 Å². The molecule has 1 fully saturated rings. The highest BCUT2D eigenvalue weighted by Crippen LogP contribution is 2.23. The Morgan fingerprint density at radius 2 is 1.96 bits per heavy atom. The van der Waals surface area contributed by atoms with Crippen LogP contribution in [0.25, 0.3) is 10.9 Å². The number of para-hydroxylation sites is 1. The third-order valence-electron chi connectivity index (χ3n) is 5.02. The lowest BCUT2D eigenvalue weighted by molar-refractivity contribution is 0.140. The molecule has 2 aromatic heterocycles. The molecule has 2 atom stereocenters. The maximum atomic E-state index is 10.5. The van der Waals surface area contributed by atoms with Gasteiger partial charge in [-0.1, -0.05) is 24.3 Å². The van der Waals surface area contributed by atoms with Crippen molar-refractivity contribution in [3.8, 4) is 0 Å². The molecule has 5 heteroatoms. The van der Waals surface area contributed by atoms with Crippen LogP contribution in [0.2, 0.25) is 0 Å². The number of aliphatic hydroxyl groups excluding tert-OH is 1. The van der Waals surface area contributed by atoms with Crippen molar-refractivity contribution in [2.75, 3.05) is 13.1 Å². The maximum Gasteiger partial charge on any atom is 0.0764 e. The minimum absolute atomic E-state index is 0.224. The van der Waals surface area contributed by atoms with Gasteiger partial charge in [-0.15, -0.1) is 0 Å². The molecule has 0 amide bonds. The van der Waals surface area contributed by atoms with Crippen LogP contribution < -0.4 is 0 Å². The van der Waals surface area contributed by atoms with Gasteiger partial charge in [0, 0.05) is 49.4 Å². The molecule has 1 N–H and O–H groups in total. The Hall–Kier alpha value is -2.24. The molecular weight excluding hydrogens is 312 g/mol. The fourth-order valence-electron chi connectivity index (χ4n) is 3.65. The van der Waals surface area contributed by atoms with Crippen LogP contribution in [0.4, 0.5) is 0 Å². The minimum Gasteiger partial charge on any atom is -0.391 e. The number of benzene rings is 1. The van der Waals surface area contributed by atoms with Gasteiger partial charge in [0.1, 0.15) is 0 Å². The summed E-state index contributed by atoms with van der Waals surface area (Å²) in [7, 11) is 0. The predicted molar refractivity (Wildman–Crippen MR) is 98.1 cm³/mol. The smallest absolute Gasteiger partial charge is 0.0764 e. The van der Waals surface area contributed by atoms with Crippen LogP contribution >= 0.6 is 0 Å². The van der Waals surface area contributed by atoms with E-state index in [0.717, 1.165) is 48.3 Å². The zero-order chi connectivity index (χ0) is 17.2. The van der Waals surface area contributed by atoms with Gasteiger partial charge in [0.05, 0.1) is 17.3 Å². The Morgan fingerprint density at radius 1 is 1.08 bits per heavy atom. The lowest BCUT2D eigenvalue weighted by Gasteiger charge is -2.14. The summed E-state index contributed by atoms with van der Waals surface area (Å²) >= 11 is 0. The average Bonchev–Trinajstić information content (AvgIpc) is 3.21. The van der Waals surface area contributed by atoms with Gasteiger partial charge in [-0.2, -0.15) is 5.10 Å². The molecule has 0 aliphatic carbocycles. The van der Waals surface area contributed by atoms with E-state index in [1.807, 2.05) is 29.1 Å². The van der Waals surface area contributed by atoms with Crippen LogP contribution in [0.1, 0.15) is 18.3 Å². The Bertz CT molecular complexity index is 860. The topological polar surface area (TPSA) is 54.2 Å². The second-order valence-electron chi connectivity index (χ2n) is 6.88. The van der Waals surface area contributed by atoms with Crippen LogP contribution in [-0.2, 0) is 19.5 Å². The van der Waals surface area contributed by atoms with E-state index in [1.54, 1.807) is 0 Å². The van der Waals surface area contributed by atoms with Crippen molar-refractivity contribution in [2.45, 2.75) is 32.5 Å². The first kappa shape index (κ1) is 16.2. The molecule has 0 unspecified atom stereocenters. The van der Waals surface area contributed by atoms with Gasteiger partial charge in [-0.3, -0.25) is 14.6 Å². The molecule has 1 aliphatic heterocycles. The van der Waals surface area contributed by atoms with Crippen molar-refractivity contribution in [3.63, 3.8) is 0 Å². The van der Waals surface area contributed by atoms with Gasteiger partial charge >= 0.3 is 0 Å². The average molecular weight is 336 g/mol. The normalized spacial score (nSPS) is 21.2. The van der Waals surface area contributed by atoms with E-state index in [2.05, 4.69) is 41.2 Å². The highest BCUT2D eigenvalue weighted by Gasteiger charge is 2.31. The number of aromatic nitrogens is 3. The number of hydrogen-bond acceptors (Lipinski definition) is 4. The predicted octanol–water partition coefficient (Wildman–Crippen LogP) is 2.49. The maximum absolute atomic E-state index is 10.5. The fraction of sp³-hybridized carbons (Fsp3) is 0.400. The first-order valence-corrected chi connectivity index (χ1v) is 8.98. The molecule has 1 aromatic carbocycles. The molecule has 0 spiro atoms. The number of fused-ring (bicyclic) bond motifs is 1. The quantitative estimate of drug-likeness (QED) is 0.778. The highest BCUT2D eigenvalue weighted by molar-refractivity contribution is 5.78. The lowest BCUT2D eigenvalue weighted by Crippen LogP contribution is -2.21. The summed E-state index contributed by atoms with van der Waals surface area (Å²) in [5.74, 6) is 0.224. The second kappa shape index (κ2) is 6.94. The number of nitrogens with zero attached hydrogens (tertiary/aromatic N) is 4. The zero-order valence-electron chi connectivity index (χ0n) is 14.5. The Labute approximate surface area is 147 Å². The Morgan fingerprint density at radius 3 is 2.80 bits per heavy atom. The molecule has 4 rings (SSSR count). The number of hydrogen-bond donors (Lipinski definition) is 1. The molecule has 3 aromatic rings. The van der Waals surface area contributed by atoms with Crippen molar-refractivity contribution >= 4 is 10.9 Å². The number of rotatable bonds is 5. The zero-order valence-corrected chi connectivity index (χ0v) is 14.5. The van der Waals surface area contributed by atoms with Crippen molar-refractivity contribution in [1.82, 2.24) is 19.7 Å². The Kier molecular flexibility index (Phi) is 4.51. The number of β-amino-alcohol motifs (C(OH)–C–C–N with tert-alkyl or cyclic N) is 1. The molecule has 3 heterocycles. The minimum atomic E-state index is -0.304. The van der Waals surface area contributed by atoms with Crippen molar-refractivity contribution < 1.29 is 5.11 Å². The number of aliphatic hydroxyl groups is 1. The molecule has 0 saturated carbocycles. The summed E-state index contributed by atoms with van der Waals surface area (Å²) in [4.78, 5) is 7.04. The fourth-order valence-corrected chi connectivity index (χ4v) is 3.65. The van der Waals surface area contributed by atoms with Gasteiger partial charge in [0.15, 0.2) is 0 Å². The number of likely N-dealkylation sites (tertiary alicyclic amines) is 1. The molecule has 130 valence electrons. The van der Waals surface area contributed by atoms with E-state index in [-0.39, 0.29) is 12.0 Å². The summed E-state index contributed by atoms with van der Waals surface area (Å²) < 4.78 is 1.94. The standard InChI is InChI=1S/C20H24N4O/c1-2-24-10-9-18(22-24)13-23-12-16(20(25)14-23)11-17-8-7-15-5-3-4-6-19(15)21-17/h3-10,16,20,25H,2,11-14H2,1H3/t16-,20-/m1/s1. The largest absolute Gasteiger partial charge is 0.391 e. The molecule has 5 nitrogen and oxygen atoms in total. The summed E-state index contributed by atoms with van der Waals surface area (Å²) in [5.41, 5.74) is 3.15. The summed E-state index contributed by atoms with van der Waals surface area (Å²) in [6, 6.07) is 14.4. The van der Waals surface area contributed by atoms with Crippen molar-refractivity contribution in [1.29, 1.82) is 0 Å². The van der Waals surface area contributed by atoms with E-state index >= 15 is 0 Å². The second-order valence-corrected chi connectivity index (χ2v) is 6.88. The number of aryl methyl sites for hydroxylation is 1. The van der Waals surface area contributed by atoms with Crippen molar-refractivity contribution in [3.05, 3.63) is 60.0 Å². The highest BCUT2D eigenvalue weighted by atomic mass is 16.3. The summed E-state index contributed by atoms with van der Waals surface area (Å²) in [5, 5.41) is 16.2. The SMILES string of the molecule is CCn1ccc(CN2C[C@@H](Cc3ccc4ccccc4n3)[C@H](O)C2)n1. The van der Waals surface area contributed by atoms with Crippen molar-refractivity contribution in [2.24, 2.45) is 5.92 Å². The molecule has 25 heavy (non-hydrogen) atoms. The first-order chi connectivity index (χ1) is 12.2. The van der Waals surface area contributed by atoms with Gasteiger partial charge < -0.3 is 5.11 Å². The molecule has 1 saturated heterocycles. The molecular formula is C20H24N4O. The van der Waals surface area contributed by atoms with Gasteiger partial charge in [0.25, 0.3) is 0 Å². The number of pyridine rings is 1. The molecule has 0 radical (unpaired) electrons. The van der Waals surface area contributed by atoms with E-state index in [0.29, 0.717) is 6.54 Å². The third kappa shape index (κ3) is 3.57. The van der Waals surface area contributed by atoms with E-state index in [1.165, 1.54) is 0 Å². The molecule has 0 bridgehead atoms. The monoisotopic (exact) mass is 336 g/mol. The van der Waals surface area contributed by atoms with Gasteiger partial charge in [-0.05, 0) is 31.5 Å². The van der Waals surface area contributed by atoms with Crippen LogP contribution in [0.15, 0.2) is 48.7 Å². The van der Waals surface area contributed by atoms with E-state index in [4.69, 9.17) is 4.98 Å². The van der Waals surface area contributed by atoms with Crippen LogP contribution in [0.5, 0.6) is 0 Å². The third-order valence-corrected chi connectivity index (χ3v) is 5.02. The van der Waals surface area contributed by atoms with Gasteiger partial charge in [-0.25, -0.2) is 0 Å². The van der Waals surface area contributed by atoms with E-state index in [9.17, 15) is 5.11 Å². The van der Waals surface area contributed by atoms with E-state index < -0.39 is 0 Å². The van der Waals surface area contributed by atoms with Crippen LogP contribution in [0.3, 0.4) is 0 Å². The molecule has 1 aliphatic rings. The summed E-state index contributed by atoms with van der Waals surface area (Å²) in [6.07, 6.45) is 2.52. The summed E-state index contributed by atoms with van der Waals surface area (Å²) in [6.45, 7) is 5.36. The van der Waals surface area contributed by atoms with Gasteiger partial charge in [0.2, 0.25) is 0 Å².